The van der Waals surface area contributed by atoms with Crippen LogP contribution in [0.3, 0.4) is 0 Å². The number of hydrogen-bond donors (Lipinski definition) is 4. The Bertz CT molecular complexity index is 1160. The first-order chi connectivity index (χ1) is 18.9. The predicted octanol–water partition coefficient (Wildman–Crippen LogP) is 1.79. The molecule has 0 saturated heterocycles. The molecule has 1 aliphatic heterocycles. The number of aliphatic carboxylic acids is 1. The van der Waals surface area contributed by atoms with Gasteiger partial charge >= 0.3 is 24.8 Å². The van der Waals surface area contributed by atoms with Crippen LogP contribution in [0.4, 0.5) is 11.6 Å². The molecular formula is C30H39LiN6O3-2. The van der Waals surface area contributed by atoms with Crippen molar-refractivity contribution in [1.82, 2.24) is 20.3 Å². The van der Waals surface area contributed by atoms with Gasteiger partial charge in [0, 0.05) is 24.7 Å². The Labute approximate surface area is 250 Å². The standard InChI is InChI=1S/C14H14N3O2.C12H17N2.C4H8NO.Li/c1-2-11(14(18)19)16-13-9-15-8-12(17-13)10-6-4-3-5-7-10;1-2-3-6-11-8-7-10-5-4-9-13-12(10)14-11;1-3-5-4(2)6;/h3-9,11H,1-2H2,(H,16,17)(H,18,19);7-8H,1-6,9H2,(H,13,14);1,3H2,2H3,(H,5,6);/q3*-1;+1/t11-;;;/m0.../s1. The SMILES string of the molecule is [CH2-]CCCc1ccc2c(n1)NCCC2.[CH2-]CNC(C)=O.[CH2-]C[C@H](Nc1cncc(-c2ccccc2)n1)C(=O)O.[Li+]. The summed E-state index contributed by atoms with van der Waals surface area (Å²) < 4.78 is 0. The first-order valence-electron chi connectivity index (χ1n) is 13.1. The molecule has 4 N–H and O–H groups in total. The van der Waals surface area contributed by atoms with Gasteiger partial charge in [0.2, 0.25) is 5.91 Å². The van der Waals surface area contributed by atoms with Crippen molar-refractivity contribution in [3.63, 3.8) is 0 Å². The molecule has 210 valence electrons. The molecule has 2 aromatic heterocycles. The fourth-order valence-corrected chi connectivity index (χ4v) is 3.61. The van der Waals surface area contributed by atoms with Crippen molar-refractivity contribution in [3.05, 3.63) is 86.9 Å². The molecule has 0 spiro atoms. The smallest absolute Gasteiger partial charge is 0.480 e. The van der Waals surface area contributed by atoms with Gasteiger partial charge in [0.1, 0.15) is 11.6 Å². The van der Waals surface area contributed by atoms with Gasteiger partial charge < -0.3 is 41.8 Å². The van der Waals surface area contributed by atoms with E-state index in [1.165, 1.54) is 37.2 Å². The number of rotatable bonds is 9. The van der Waals surface area contributed by atoms with Crippen LogP contribution in [-0.2, 0) is 22.4 Å². The molecule has 1 aliphatic rings. The Morgan fingerprint density at radius 2 is 1.82 bits per heavy atom. The summed E-state index contributed by atoms with van der Waals surface area (Å²) >= 11 is 0. The van der Waals surface area contributed by atoms with Gasteiger partial charge in [-0.05, 0) is 30.9 Å². The largest absolute Gasteiger partial charge is 1.00 e. The first kappa shape index (κ1) is 34.6. The Morgan fingerprint density at radius 3 is 2.42 bits per heavy atom. The molecule has 0 bridgehead atoms. The van der Waals surface area contributed by atoms with E-state index in [4.69, 9.17) is 5.11 Å². The van der Waals surface area contributed by atoms with Gasteiger partial charge in [-0.3, -0.25) is 14.6 Å². The van der Waals surface area contributed by atoms with Crippen molar-refractivity contribution in [1.29, 1.82) is 0 Å². The van der Waals surface area contributed by atoms with Crippen LogP contribution < -0.4 is 34.8 Å². The van der Waals surface area contributed by atoms with E-state index in [9.17, 15) is 9.59 Å². The third-order valence-electron chi connectivity index (χ3n) is 5.62. The van der Waals surface area contributed by atoms with Crippen molar-refractivity contribution in [2.75, 3.05) is 23.7 Å². The minimum absolute atomic E-state index is 0. The molecule has 9 nitrogen and oxygen atoms in total. The summed E-state index contributed by atoms with van der Waals surface area (Å²) in [5, 5.41) is 17.6. The topological polar surface area (TPSA) is 129 Å². The number of carbonyl (C=O) groups excluding carboxylic acids is 1. The second-order valence-electron chi connectivity index (χ2n) is 8.76. The van der Waals surface area contributed by atoms with E-state index < -0.39 is 12.0 Å². The van der Waals surface area contributed by atoms with Gasteiger partial charge in [-0.1, -0.05) is 42.8 Å². The van der Waals surface area contributed by atoms with E-state index in [2.05, 4.69) is 63.8 Å². The molecular weight excluding hydrogens is 499 g/mol. The number of carboxylic acid groups (broad SMARTS) is 1. The molecule has 1 amide bonds. The second kappa shape index (κ2) is 19.6. The van der Waals surface area contributed by atoms with Crippen LogP contribution >= 0.6 is 0 Å². The molecule has 1 atom stereocenters. The van der Waals surface area contributed by atoms with Crippen LogP contribution in [-0.4, -0.2) is 51.1 Å². The summed E-state index contributed by atoms with van der Waals surface area (Å²) in [5.41, 5.74) is 4.19. The number of carbonyl (C=O) groups is 2. The van der Waals surface area contributed by atoms with Gasteiger partial charge in [0.25, 0.3) is 0 Å². The van der Waals surface area contributed by atoms with E-state index in [-0.39, 0.29) is 31.2 Å². The Hall–Kier alpha value is -3.41. The van der Waals surface area contributed by atoms with Crippen molar-refractivity contribution >= 4 is 23.5 Å². The monoisotopic (exact) mass is 538 g/mol. The quantitative estimate of drug-likeness (QED) is 0.240. The molecule has 1 aromatic carbocycles. The van der Waals surface area contributed by atoms with E-state index in [1.54, 1.807) is 6.20 Å². The molecule has 10 heteroatoms. The zero-order chi connectivity index (χ0) is 28.5. The number of unbranched alkanes of at least 4 members (excludes halogenated alkanes) is 1. The summed E-state index contributed by atoms with van der Waals surface area (Å²) in [6, 6.07) is 13.2. The maximum Gasteiger partial charge on any atom is 1.00 e. The normalized spacial score (nSPS) is 11.9. The number of nitrogens with zero attached hydrogens (tertiary/aromatic N) is 3. The first-order valence-corrected chi connectivity index (χ1v) is 13.1. The van der Waals surface area contributed by atoms with Crippen LogP contribution in [0.25, 0.3) is 11.3 Å². The fraction of sp³-hybridized carbons (Fsp3) is 0.333. The van der Waals surface area contributed by atoms with E-state index in [0.29, 0.717) is 18.1 Å². The Morgan fingerprint density at radius 1 is 1.07 bits per heavy atom. The van der Waals surface area contributed by atoms with E-state index >= 15 is 0 Å². The summed E-state index contributed by atoms with van der Waals surface area (Å²) in [6.07, 6.45) is 8.94. The maximum absolute atomic E-state index is 10.9. The predicted molar refractivity (Wildman–Crippen MR) is 156 cm³/mol. The molecule has 40 heavy (non-hydrogen) atoms. The number of nitrogens with one attached hydrogen (secondary N) is 3. The minimum atomic E-state index is -0.957. The third-order valence-corrected chi connectivity index (χ3v) is 5.62. The number of anilines is 2. The average molecular weight is 539 g/mol. The molecule has 0 saturated carbocycles. The van der Waals surface area contributed by atoms with E-state index in [1.807, 2.05) is 30.3 Å². The van der Waals surface area contributed by atoms with Gasteiger partial charge in [-0.2, -0.15) is 12.8 Å². The molecule has 0 unspecified atom stereocenters. The molecule has 4 rings (SSSR count). The third kappa shape index (κ3) is 12.6. The van der Waals surface area contributed by atoms with Gasteiger partial charge in [-0.15, -0.1) is 6.54 Å². The second-order valence-corrected chi connectivity index (χ2v) is 8.76. The van der Waals surface area contributed by atoms with Crippen molar-refractivity contribution in [3.8, 4) is 11.3 Å². The summed E-state index contributed by atoms with van der Waals surface area (Å²) in [6.45, 7) is 13.8. The number of pyridine rings is 1. The Kier molecular flexibility index (Phi) is 17.0. The Balaban J connectivity index is 0.000000335. The zero-order valence-corrected chi connectivity index (χ0v) is 23.7. The number of aryl methyl sites for hydroxylation is 2. The summed E-state index contributed by atoms with van der Waals surface area (Å²) in [5.74, 6) is 0.558. The van der Waals surface area contributed by atoms with E-state index in [0.717, 1.165) is 37.2 Å². The number of carboxylic acids is 1. The van der Waals surface area contributed by atoms with Crippen LogP contribution in [0.15, 0.2) is 54.9 Å². The van der Waals surface area contributed by atoms with Crippen LogP contribution in [0.2, 0.25) is 0 Å². The zero-order valence-electron chi connectivity index (χ0n) is 23.7. The van der Waals surface area contributed by atoms with Gasteiger partial charge in [0.15, 0.2) is 0 Å². The number of amides is 1. The molecule has 0 radical (unpaired) electrons. The summed E-state index contributed by atoms with van der Waals surface area (Å²) in [4.78, 5) is 33.9. The van der Waals surface area contributed by atoms with Crippen LogP contribution in [0, 0.1) is 20.8 Å². The van der Waals surface area contributed by atoms with Crippen molar-refractivity contribution in [2.45, 2.75) is 51.5 Å². The minimum Gasteiger partial charge on any atom is -0.480 e. The van der Waals surface area contributed by atoms with Crippen LogP contribution in [0.1, 0.15) is 43.9 Å². The van der Waals surface area contributed by atoms with Gasteiger partial charge in [-0.25, -0.2) is 9.97 Å². The number of benzene rings is 1. The molecule has 0 fully saturated rings. The molecule has 3 aromatic rings. The summed E-state index contributed by atoms with van der Waals surface area (Å²) in [7, 11) is 0. The molecule has 3 heterocycles. The molecule has 0 aliphatic carbocycles. The number of fused-ring (bicyclic) bond motifs is 1. The number of aromatic nitrogens is 3. The fourth-order valence-electron chi connectivity index (χ4n) is 3.61. The van der Waals surface area contributed by atoms with Crippen LogP contribution in [0.5, 0.6) is 0 Å². The van der Waals surface area contributed by atoms with Crippen molar-refractivity contribution < 1.29 is 33.6 Å². The average Bonchev–Trinajstić information content (AvgIpc) is 2.96. The maximum atomic E-state index is 10.9. The van der Waals surface area contributed by atoms with Gasteiger partial charge in [0.05, 0.1) is 24.1 Å². The number of hydrogen-bond acceptors (Lipinski definition) is 7. The van der Waals surface area contributed by atoms with Crippen molar-refractivity contribution in [2.24, 2.45) is 0 Å².